The molecule has 3 rings (SSSR count). The predicted molar refractivity (Wildman–Crippen MR) is 114 cm³/mol. The minimum atomic E-state index is -0.469. The third-order valence-electron chi connectivity index (χ3n) is 4.56. The van der Waals surface area contributed by atoms with Crippen molar-refractivity contribution in [1.29, 1.82) is 0 Å². The van der Waals surface area contributed by atoms with Crippen molar-refractivity contribution in [3.63, 3.8) is 0 Å². The highest BCUT2D eigenvalue weighted by Crippen LogP contribution is 2.16. The lowest BCUT2D eigenvalue weighted by Gasteiger charge is -2.02. The zero-order valence-corrected chi connectivity index (χ0v) is 16.9. The summed E-state index contributed by atoms with van der Waals surface area (Å²) in [4.78, 5) is 28.1. The van der Waals surface area contributed by atoms with Crippen molar-refractivity contribution in [2.75, 3.05) is 0 Å². The molecule has 1 N–H and O–H groups in total. The summed E-state index contributed by atoms with van der Waals surface area (Å²) in [5, 5.41) is 14.7. The molecule has 0 aliphatic heterocycles. The Kier molecular flexibility index (Phi) is 6.29. The molecular weight excluding hydrogens is 392 g/mol. The number of aromatic amines is 1. The molecule has 0 unspecified atom stereocenters. The molecule has 150 valence electrons. The number of nitro groups is 1. The van der Waals surface area contributed by atoms with Crippen molar-refractivity contribution < 1.29 is 4.92 Å². The Morgan fingerprint density at radius 2 is 1.83 bits per heavy atom. The summed E-state index contributed by atoms with van der Waals surface area (Å²) in [5.41, 5.74) is 3.27. The number of hydrogen-bond acceptors (Lipinski definition) is 4. The lowest BCUT2D eigenvalue weighted by atomic mass is 10.1. The van der Waals surface area contributed by atoms with E-state index in [0.717, 1.165) is 17.7 Å². The highest BCUT2D eigenvalue weighted by molar-refractivity contribution is 6.30. The minimum Gasteiger partial charge on any atom is -0.294 e. The normalized spacial score (nSPS) is 11.6. The first-order valence-electron chi connectivity index (χ1n) is 9.25. The number of non-ortho nitro benzene ring substituents is 1. The maximum atomic E-state index is 13.1. The quantitative estimate of drug-likeness (QED) is 0.346. The van der Waals surface area contributed by atoms with Crippen LogP contribution < -0.4 is 5.56 Å². The average molecular weight is 413 g/mol. The number of hydrogen-bond donors (Lipinski definition) is 1. The number of halogens is 1. The zero-order valence-electron chi connectivity index (χ0n) is 16.2. The van der Waals surface area contributed by atoms with Gasteiger partial charge in [-0.3, -0.25) is 25.0 Å². The Bertz CT molecular complexity index is 1100. The van der Waals surface area contributed by atoms with Crippen LogP contribution >= 0.6 is 11.6 Å². The summed E-state index contributed by atoms with van der Waals surface area (Å²) in [6.07, 6.45) is 1.55. The van der Waals surface area contributed by atoms with E-state index in [1.165, 1.54) is 16.8 Å². The molecule has 29 heavy (non-hydrogen) atoms. The molecule has 0 atom stereocenters. The van der Waals surface area contributed by atoms with Crippen molar-refractivity contribution >= 4 is 23.0 Å². The average Bonchev–Trinajstić information content (AvgIpc) is 3.03. The molecule has 1 heterocycles. The van der Waals surface area contributed by atoms with Crippen LogP contribution in [0.2, 0.25) is 5.02 Å². The van der Waals surface area contributed by atoms with Crippen LogP contribution in [0.4, 0.5) is 5.69 Å². The smallest absolute Gasteiger partial charge is 0.280 e. The lowest BCUT2D eigenvalue weighted by Crippen LogP contribution is -2.20. The maximum absolute atomic E-state index is 13.1. The topological polar surface area (TPSA) is 93.3 Å². The van der Waals surface area contributed by atoms with E-state index in [1.807, 2.05) is 38.1 Å². The summed E-state index contributed by atoms with van der Waals surface area (Å²) in [5.74, 6) is 0. The van der Waals surface area contributed by atoms with Gasteiger partial charge in [0.15, 0.2) is 0 Å². The van der Waals surface area contributed by atoms with Gasteiger partial charge >= 0.3 is 0 Å². The molecule has 0 aliphatic carbocycles. The fraction of sp³-hybridized carbons (Fsp3) is 0.238. The Balaban J connectivity index is 1.97. The lowest BCUT2D eigenvalue weighted by molar-refractivity contribution is -0.384. The van der Waals surface area contributed by atoms with Crippen LogP contribution in [0.25, 0.3) is 5.69 Å². The SMILES string of the molecule is CCCc1[nH]n(-c2ccc([N+](=O)[O-])cc2)c(=O)c1C(C)=NCc1ccc(Cl)cc1. The van der Waals surface area contributed by atoms with Crippen LogP contribution in [-0.4, -0.2) is 20.4 Å². The first-order chi connectivity index (χ1) is 13.9. The monoisotopic (exact) mass is 412 g/mol. The van der Waals surface area contributed by atoms with Crippen LogP contribution in [0.3, 0.4) is 0 Å². The molecule has 7 nitrogen and oxygen atoms in total. The molecule has 0 saturated carbocycles. The molecule has 0 spiro atoms. The summed E-state index contributed by atoms with van der Waals surface area (Å²) < 4.78 is 1.41. The maximum Gasteiger partial charge on any atom is 0.280 e. The van der Waals surface area contributed by atoms with Crippen molar-refractivity contribution in [3.05, 3.63) is 90.8 Å². The molecule has 0 amide bonds. The van der Waals surface area contributed by atoms with Gasteiger partial charge in [-0.05, 0) is 43.2 Å². The summed E-state index contributed by atoms with van der Waals surface area (Å²) in [6.45, 7) is 4.29. The van der Waals surface area contributed by atoms with Gasteiger partial charge in [0, 0.05) is 28.6 Å². The van der Waals surface area contributed by atoms with Crippen LogP contribution in [0.15, 0.2) is 58.3 Å². The van der Waals surface area contributed by atoms with Crippen molar-refractivity contribution in [3.8, 4) is 5.69 Å². The fourth-order valence-electron chi connectivity index (χ4n) is 3.07. The van der Waals surface area contributed by atoms with E-state index in [9.17, 15) is 14.9 Å². The molecular formula is C21H21ClN4O3. The molecule has 1 aromatic heterocycles. The number of H-pyrrole nitrogens is 1. The van der Waals surface area contributed by atoms with Gasteiger partial charge in [0.25, 0.3) is 11.2 Å². The number of benzene rings is 2. The van der Waals surface area contributed by atoms with Gasteiger partial charge < -0.3 is 0 Å². The van der Waals surface area contributed by atoms with Gasteiger partial charge in [-0.15, -0.1) is 0 Å². The van der Waals surface area contributed by atoms with Crippen LogP contribution in [0.1, 0.15) is 37.1 Å². The van der Waals surface area contributed by atoms with Crippen LogP contribution in [0.5, 0.6) is 0 Å². The van der Waals surface area contributed by atoms with E-state index in [2.05, 4.69) is 10.1 Å². The van der Waals surface area contributed by atoms with Gasteiger partial charge in [0.2, 0.25) is 0 Å². The van der Waals surface area contributed by atoms with E-state index >= 15 is 0 Å². The largest absolute Gasteiger partial charge is 0.294 e. The first-order valence-corrected chi connectivity index (χ1v) is 9.63. The van der Waals surface area contributed by atoms with Gasteiger partial charge in [-0.2, -0.15) is 0 Å². The number of nitrogens with one attached hydrogen (secondary N) is 1. The number of aromatic nitrogens is 2. The van der Waals surface area contributed by atoms with Crippen molar-refractivity contribution in [2.45, 2.75) is 33.2 Å². The second-order valence-corrected chi connectivity index (χ2v) is 7.09. The third kappa shape index (κ3) is 4.63. The van der Waals surface area contributed by atoms with Crippen molar-refractivity contribution in [2.24, 2.45) is 4.99 Å². The summed E-state index contributed by atoms with van der Waals surface area (Å²) >= 11 is 5.91. The highest BCUT2D eigenvalue weighted by Gasteiger charge is 2.17. The van der Waals surface area contributed by atoms with Gasteiger partial charge in [0.1, 0.15) is 0 Å². The van der Waals surface area contributed by atoms with E-state index in [-0.39, 0.29) is 11.2 Å². The second-order valence-electron chi connectivity index (χ2n) is 6.66. The van der Waals surface area contributed by atoms with Gasteiger partial charge in [-0.1, -0.05) is 37.1 Å². The Morgan fingerprint density at radius 3 is 2.41 bits per heavy atom. The number of rotatable bonds is 7. The van der Waals surface area contributed by atoms with E-state index < -0.39 is 4.92 Å². The Labute approximate surface area is 172 Å². The molecule has 0 fully saturated rings. The predicted octanol–water partition coefficient (Wildman–Crippen LogP) is 4.69. The van der Waals surface area contributed by atoms with Crippen molar-refractivity contribution in [1.82, 2.24) is 9.78 Å². The Morgan fingerprint density at radius 1 is 1.17 bits per heavy atom. The molecule has 0 saturated heterocycles. The molecule has 3 aromatic rings. The second kappa shape index (κ2) is 8.87. The van der Waals surface area contributed by atoms with Gasteiger partial charge in [0.05, 0.1) is 22.7 Å². The highest BCUT2D eigenvalue weighted by atomic mass is 35.5. The molecule has 0 aliphatic rings. The number of aryl methyl sites for hydroxylation is 1. The third-order valence-corrected chi connectivity index (χ3v) is 4.81. The zero-order chi connectivity index (χ0) is 21.0. The number of nitrogens with zero attached hydrogens (tertiary/aromatic N) is 3. The first kappa shape index (κ1) is 20.5. The molecule has 2 aromatic carbocycles. The van der Waals surface area contributed by atoms with E-state index in [0.29, 0.717) is 35.0 Å². The van der Waals surface area contributed by atoms with Gasteiger partial charge in [-0.25, -0.2) is 4.68 Å². The fourth-order valence-corrected chi connectivity index (χ4v) is 3.20. The molecule has 0 radical (unpaired) electrons. The Hall–Kier alpha value is -3.19. The van der Waals surface area contributed by atoms with E-state index in [4.69, 9.17) is 11.6 Å². The molecule has 0 bridgehead atoms. The van der Waals surface area contributed by atoms with Crippen LogP contribution in [0, 0.1) is 10.1 Å². The summed E-state index contributed by atoms with van der Waals surface area (Å²) in [7, 11) is 0. The number of nitro benzene ring substituents is 1. The van der Waals surface area contributed by atoms with Crippen LogP contribution in [-0.2, 0) is 13.0 Å². The minimum absolute atomic E-state index is 0.0249. The number of aliphatic imine (C=N–C) groups is 1. The van der Waals surface area contributed by atoms with E-state index in [1.54, 1.807) is 12.1 Å². The standard InChI is InChI=1S/C21H21ClN4O3/c1-3-4-19-20(14(2)23-13-15-5-7-16(22)8-6-15)21(27)25(24-19)17-9-11-18(12-10-17)26(28)29/h5-12,24H,3-4,13H2,1-2H3. The summed E-state index contributed by atoms with van der Waals surface area (Å²) in [6, 6.07) is 13.3. The molecule has 8 heteroatoms.